The number of benzene rings is 1. The maximum atomic E-state index is 11.6. The molecule has 0 unspecified atom stereocenters. The molecule has 114 valence electrons. The van der Waals surface area contributed by atoms with E-state index >= 15 is 0 Å². The summed E-state index contributed by atoms with van der Waals surface area (Å²) in [4.78, 5) is 15.8. The summed E-state index contributed by atoms with van der Waals surface area (Å²) in [5.41, 5.74) is 2.52. The molecule has 1 rings (SSSR count). The number of nitrogens with one attached hydrogen (secondary N) is 1. The number of carbonyl (C=O) groups is 1. The molecule has 0 fully saturated rings. The number of ether oxygens (including phenoxy) is 1. The lowest BCUT2D eigenvalue weighted by molar-refractivity contribution is 0.0523. The molecule has 0 radical (unpaired) electrons. The minimum absolute atomic E-state index is 0.406. The predicted molar refractivity (Wildman–Crippen MR) is 86.8 cm³/mol. The fraction of sp³-hybridized carbons (Fsp3) is 0.412. The van der Waals surface area contributed by atoms with E-state index in [4.69, 9.17) is 4.74 Å². The van der Waals surface area contributed by atoms with Crippen molar-refractivity contribution in [1.82, 2.24) is 5.32 Å². The first-order valence-corrected chi connectivity index (χ1v) is 7.01. The highest BCUT2D eigenvalue weighted by Gasteiger charge is 2.15. The van der Waals surface area contributed by atoms with Gasteiger partial charge in [0.15, 0.2) is 0 Å². The van der Waals surface area contributed by atoms with Gasteiger partial charge in [0.25, 0.3) is 0 Å². The van der Waals surface area contributed by atoms with Crippen molar-refractivity contribution in [3.63, 3.8) is 0 Å². The number of allylic oxidation sites excluding steroid dienone is 2. The van der Waals surface area contributed by atoms with E-state index in [0.717, 1.165) is 16.8 Å². The van der Waals surface area contributed by atoms with Gasteiger partial charge in [-0.15, -0.1) is 0 Å². The molecule has 21 heavy (non-hydrogen) atoms. The SMILES string of the molecule is C/C=C\C(=NC)c1ccc(CNC(=O)OC(C)(C)C)cc1. The summed E-state index contributed by atoms with van der Waals surface area (Å²) in [6.07, 6.45) is 3.52. The summed E-state index contributed by atoms with van der Waals surface area (Å²) in [5, 5.41) is 2.74. The smallest absolute Gasteiger partial charge is 0.407 e. The van der Waals surface area contributed by atoms with Crippen LogP contribution in [0, 0.1) is 0 Å². The Morgan fingerprint density at radius 3 is 2.38 bits per heavy atom. The average molecular weight is 288 g/mol. The number of alkyl carbamates (subject to hydrolysis) is 1. The van der Waals surface area contributed by atoms with E-state index in [9.17, 15) is 4.79 Å². The van der Waals surface area contributed by atoms with Crippen LogP contribution in [0.1, 0.15) is 38.8 Å². The van der Waals surface area contributed by atoms with Gasteiger partial charge < -0.3 is 10.1 Å². The minimum Gasteiger partial charge on any atom is -0.444 e. The Balaban J connectivity index is 2.61. The van der Waals surface area contributed by atoms with Crippen molar-refractivity contribution in [2.24, 2.45) is 4.99 Å². The van der Waals surface area contributed by atoms with Crippen LogP contribution in [0.5, 0.6) is 0 Å². The quantitative estimate of drug-likeness (QED) is 0.859. The number of rotatable bonds is 4. The molecule has 1 amide bonds. The molecule has 0 bridgehead atoms. The summed E-state index contributed by atoms with van der Waals surface area (Å²) in [5.74, 6) is 0. The van der Waals surface area contributed by atoms with Gasteiger partial charge in [-0.1, -0.05) is 30.3 Å². The zero-order valence-corrected chi connectivity index (χ0v) is 13.4. The third-order valence-corrected chi connectivity index (χ3v) is 2.65. The summed E-state index contributed by atoms with van der Waals surface area (Å²) < 4.78 is 5.19. The van der Waals surface area contributed by atoms with Crippen LogP contribution in [0.25, 0.3) is 0 Å². The summed E-state index contributed by atoms with van der Waals surface area (Å²) >= 11 is 0. The predicted octanol–water partition coefficient (Wildman–Crippen LogP) is 3.71. The molecule has 0 atom stereocenters. The van der Waals surface area contributed by atoms with E-state index in [0.29, 0.717) is 6.54 Å². The number of aliphatic imine (C=N–C) groups is 1. The molecule has 0 saturated heterocycles. The Labute approximate surface area is 126 Å². The summed E-state index contributed by atoms with van der Waals surface area (Å²) in [6.45, 7) is 7.93. The lowest BCUT2D eigenvalue weighted by Gasteiger charge is -2.19. The van der Waals surface area contributed by atoms with Gasteiger partial charge in [-0.3, -0.25) is 4.99 Å². The van der Waals surface area contributed by atoms with E-state index in [-0.39, 0.29) is 0 Å². The molecule has 4 nitrogen and oxygen atoms in total. The summed E-state index contributed by atoms with van der Waals surface area (Å²) in [7, 11) is 1.77. The van der Waals surface area contributed by atoms with Crippen LogP contribution < -0.4 is 5.32 Å². The number of hydrogen-bond donors (Lipinski definition) is 1. The molecule has 0 heterocycles. The van der Waals surface area contributed by atoms with Crippen molar-refractivity contribution in [3.8, 4) is 0 Å². The number of nitrogens with zero attached hydrogens (tertiary/aromatic N) is 1. The highest BCUT2D eigenvalue weighted by atomic mass is 16.6. The van der Waals surface area contributed by atoms with Crippen molar-refractivity contribution in [2.45, 2.75) is 39.8 Å². The Bertz CT molecular complexity index is 523. The Kier molecular flexibility index (Phi) is 6.15. The van der Waals surface area contributed by atoms with Crippen molar-refractivity contribution in [1.29, 1.82) is 0 Å². The second kappa shape index (κ2) is 7.62. The van der Waals surface area contributed by atoms with E-state index in [1.54, 1.807) is 7.05 Å². The highest BCUT2D eigenvalue weighted by Crippen LogP contribution is 2.09. The molecule has 1 N–H and O–H groups in total. The van der Waals surface area contributed by atoms with Crippen LogP contribution in [-0.4, -0.2) is 24.5 Å². The number of carbonyl (C=O) groups excluding carboxylic acids is 1. The molecule has 0 aromatic heterocycles. The van der Waals surface area contributed by atoms with Gasteiger partial charge in [-0.05, 0) is 44.9 Å². The molecule has 0 aliphatic heterocycles. The van der Waals surface area contributed by atoms with Gasteiger partial charge in [0.2, 0.25) is 0 Å². The molecule has 4 heteroatoms. The fourth-order valence-corrected chi connectivity index (χ4v) is 1.74. The highest BCUT2D eigenvalue weighted by molar-refractivity contribution is 6.08. The van der Waals surface area contributed by atoms with Crippen LogP contribution in [0.2, 0.25) is 0 Å². The topological polar surface area (TPSA) is 50.7 Å². The molecular formula is C17H24N2O2. The lowest BCUT2D eigenvalue weighted by Crippen LogP contribution is -2.32. The molecule has 1 aromatic carbocycles. The van der Waals surface area contributed by atoms with Crippen LogP contribution in [-0.2, 0) is 11.3 Å². The van der Waals surface area contributed by atoms with Gasteiger partial charge in [-0.25, -0.2) is 4.79 Å². The zero-order valence-electron chi connectivity index (χ0n) is 13.4. The van der Waals surface area contributed by atoms with Crippen molar-refractivity contribution >= 4 is 11.8 Å². The van der Waals surface area contributed by atoms with E-state index in [1.807, 2.05) is 64.1 Å². The third-order valence-electron chi connectivity index (χ3n) is 2.65. The first kappa shape index (κ1) is 17.0. The largest absolute Gasteiger partial charge is 0.444 e. The molecule has 0 aliphatic carbocycles. The first-order valence-electron chi connectivity index (χ1n) is 7.01. The second-order valence-corrected chi connectivity index (χ2v) is 5.66. The number of hydrogen-bond acceptors (Lipinski definition) is 3. The van der Waals surface area contributed by atoms with Gasteiger partial charge in [0.1, 0.15) is 5.60 Å². The molecule has 0 aliphatic rings. The average Bonchev–Trinajstić information content (AvgIpc) is 2.41. The monoisotopic (exact) mass is 288 g/mol. The van der Waals surface area contributed by atoms with E-state index < -0.39 is 11.7 Å². The Morgan fingerprint density at radius 2 is 1.90 bits per heavy atom. The second-order valence-electron chi connectivity index (χ2n) is 5.66. The summed E-state index contributed by atoms with van der Waals surface area (Å²) in [6, 6.07) is 7.94. The van der Waals surface area contributed by atoms with Crippen LogP contribution in [0.3, 0.4) is 0 Å². The molecule has 0 saturated carbocycles. The van der Waals surface area contributed by atoms with Gasteiger partial charge in [0, 0.05) is 13.6 Å². The van der Waals surface area contributed by atoms with Crippen molar-refractivity contribution in [3.05, 3.63) is 47.5 Å². The Morgan fingerprint density at radius 1 is 1.29 bits per heavy atom. The van der Waals surface area contributed by atoms with Gasteiger partial charge in [0.05, 0.1) is 5.71 Å². The standard InChI is InChI=1S/C17H24N2O2/c1-6-7-15(18-5)14-10-8-13(9-11-14)12-19-16(20)21-17(2,3)4/h6-11H,12H2,1-5H3,(H,19,20)/b7-6-,18-15?. The maximum absolute atomic E-state index is 11.6. The molecular weight excluding hydrogens is 264 g/mol. The minimum atomic E-state index is -0.479. The van der Waals surface area contributed by atoms with E-state index in [1.165, 1.54) is 0 Å². The van der Waals surface area contributed by atoms with Gasteiger partial charge >= 0.3 is 6.09 Å². The third kappa shape index (κ3) is 6.25. The van der Waals surface area contributed by atoms with Crippen LogP contribution in [0.4, 0.5) is 4.79 Å². The van der Waals surface area contributed by atoms with Crippen LogP contribution >= 0.6 is 0 Å². The normalized spacial score (nSPS) is 12.5. The van der Waals surface area contributed by atoms with Crippen molar-refractivity contribution < 1.29 is 9.53 Å². The van der Waals surface area contributed by atoms with Crippen molar-refractivity contribution in [2.75, 3.05) is 7.05 Å². The van der Waals surface area contributed by atoms with Gasteiger partial charge in [-0.2, -0.15) is 0 Å². The zero-order chi connectivity index (χ0) is 15.9. The molecule has 0 spiro atoms. The lowest BCUT2D eigenvalue weighted by atomic mass is 10.1. The maximum Gasteiger partial charge on any atom is 0.407 e. The number of amides is 1. The van der Waals surface area contributed by atoms with E-state index in [2.05, 4.69) is 10.3 Å². The fourth-order valence-electron chi connectivity index (χ4n) is 1.74. The molecule has 1 aromatic rings. The van der Waals surface area contributed by atoms with Crippen LogP contribution in [0.15, 0.2) is 41.4 Å². The Hall–Kier alpha value is -2.10. The first-order chi connectivity index (χ1) is 9.85.